The third-order valence-corrected chi connectivity index (χ3v) is 10.1. The molecule has 0 radical (unpaired) electrons. The number of benzene rings is 4. The summed E-state index contributed by atoms with van der Waals surface area (Å²) in [7, 11) is 3.04. The number of ether oxygens (including phenoxy) is 1. The van der Waals surface area contributed by atoms with Gasteiger partial charge in [0.05, 0.1) is 58.0 Å². The second kappa shape index (κ2) is 17.9. The first-order valence-electron chi connectivity index (χ1n) is 18.4. The van der Waals surface area contributed by atoms with Crippen LogP contribution in [0.15, 0.2) is 128 Å². The summed E-state index contributed by atoms with van der Waals surface area (Å²) in [6.45, 7) is -2.96. The van der Waals surface area contributed by atoms with Crippen LogP contribution in [0.2, 0.25) is 10.0 Å². The molecule has 328 valence electrons. The van der Waals surface area contributed by atoms with Gasteiger partial charge in [0, 0.05) is 48.3 Å². The molecule has 0 saturated heterocycles. The highest BCUT2D eigenvalue weighted by atomic mass is 35.5. The minimum Gasteiger partial charge on any atom is -0.435 e. The molecular formula is C43H28Cl2F8N8O3. The zero-order valence-corrected chi connectivity index (χ0v) is 34.3. The molecule has 0 saturated carbocycles. The van der Waals surface area contributed by atoms with Gasteiger partial charge in [0.15, 0.2) is 11.3 Å². The number of carbonyl (C=O) groups excluding carboxylic acids is 2. The van der Waals surface area contributed by atoms with Crippen molar-refractivity contribution in [2.45, 2.75) is 19.0 Å². The zero-order valence-electron chi connectivity index (χ0n) is 32.8. The summed E-state index contributed by atoms with van der Waals surface area (Å²) in [5.41, 5.74) is 2.32. The van der Waals surface area contributed by atoms with E-state index < -0.39 is 41.9 Å². The largest absolute Gasteiger partial charge is 0.435 e. The predicted octanol–water partition coefficient (Wildman–Crippen LogP) is 11.3. The summed E-state index contributed by atoms with van der Waals surface area (Å²) >= 11 is 12.1. The van der Waals surface area contributed by atoms with Gasteiger partial charge >= 0.3 is 19.0 Å². The Balaban J connectivity index is 0.000000192. The van der Waals surface area contributed by atoms with Crippen molar-refractivity contribution in [3.8, 4) is 28.3 Å². The lowest BCUT2D eigenvalue weighted by Gasteiger charge is -2.18. The van der Waals surface area contributed by atoms with Crippen molar-refractivity contribution in [3.63, 3.8) is 0 Å². The molecule has 0 aliphatic rings. The topological polar surface area (TPSA) is 110 Å². The van der Waals surface area contributed by atoms with Crippen LogP contribution in [0.4, 0.5) is 46.5 Å². The lowest BCUT2D eigenvalue weighted by atomic mass is 10.1. The maximum Gasteiger partial charge on any atom is 0.416 e. The van der Waals surface area contributed by atoms with Crippen LogP contribution in [0.5, 0.6) is 5.75 Å². The minimum absolute atomic E-state index is 0.0454. The van der Waals surface area contributed by atoms with Gasteiger partial charge in [-0.3, -0.25) is 18.4 Å². The van der Waals surface area contributed by atoms with Gasteiger partial charge in [0.2, 0.25) is 0 Å². The first-order chi connectivity index (χ1) is 30.3. The molecule has 8 aromatic rings. The third kappa shape index (κ3) is 9.74. The first kappa shape index (κ1) is 44.9. The van der Waals surface area contributed by atoms with Gasteiger partial charge < -0.3 is 14.5 Å². The Hall–Kier alpha value is -7.12. The quantitative estimate of drug-likeness (QED) is 0.140. The van der Waals surface area contributed by atoms with Crippen LogP contribution < -0.4 is 14.5 Å². The van der Waals surface area contributed by atoms with E-state index in [1.165, 1.54) is 109 Å². The fourth-order valence-electron chi connectivity index (χ4n) is 6.26. The van der Waals surface area contributed by atoms with Crippen LogP contribution in [0.1, 0.15) is 32.1 Å². The predicted molar refractivity (Wildman–Crippen MR) is 222 cm³/mol. The Morgan fingerprint density at radius 3 is 1.48 bits per heavy atom. The summed E-state index contributed by atoms with van der Waals surface area (Å²) in [4.78, 5) is 45.2. The average molecular weight is 928 g/mol. The minimum atomic E-state index is -4.45. The Morgan fingerprint density at radius 1 is 0.609 bits per heavy atom. The molecular weight excluding hydrogens is 899 g/mol. The number of alkyl halides is 8. The summed E-state index contributed by atoms with van der Waals surface area (Å²) in [5.74, 6) is -0.974. The highest BCUT2D eigenvalue weighted by molar-refractivity contribution is 6.37. The molecule has 64 heavy (non-hydrogen) atoms. The maximum atomic E-state index is 13.0. The molecule has 0 spiro atoms. The third-order valence-electron chi connectivity index (χ3n) is 9.58. The van der Waals surface area contributed by atoms with Crippen molar-refractivity contribution in [2.75, 3.05) is 23.9 Å². The number of rotatable bonds is 8. The second-order valence-electron chi connectivity index (χ2n) is 13.6. The summed E-state index contributed by atoms with van der Waals surface area (Å²) in [5, 5.41) is 0.742. The molecule has 0 unspecified atom stereocenters. The Kier molecular flexibility index (Phi) is 12.6. The molecule has 4 aromatic heterocycles. The highest BCUT2D eigenvalue weighted by Gasteiger charge is 2.31. The van der Waals surface area contributed by atoms with Crippen molar-refractivity contribution in [2.24, 2.45) is 0 Å². The molecule has 0 fully saturated rings. The lowest BCUT2D eigenvalue weighted by molar-refractivity contribution is -0.138. The van der Waals surface area contributed by atoms with Gasteiger partial charge in [-0.2, -0.15) is 35.1 Å². The van der Waals surface area contributed by atoms with Crippen molar-refractivity contribution < 1.29 is 49.4 Å². The van der Waals surface area contributed by atoms with Crippen LogP contribution in [0, 0.1) is 0 Å². The van der Waals surface area contributed by atoms with Gasteiger partial charge in [-0.1, -0.05) is 47.5 Å². The number of carbonyl (C=O) groups is 2. The van der Waals surface area contributed by atoms with E-state index in [4.69, 9.17) is 23.2 Å². The molecule has 11 nitrogen and oxygen atoms in total. The second-order valence-corrected chi connectivity index (χ2v) is 14.5. The molecule has 8 rings (SSSR count). The molecule has 0 atom stereocenters. The lowest BCUT2D eigenvalue weighted by Crippen LogP contribution is -2.27. The maximum absolute atomic E-state index is 13.0. The van der Waals surface area contributed by atoms with Gasteiger partial charge in [-0.15, -0.1) is 0 Å². The molecule has 0 aliphatic carbocycles. The van der Waals surface area contributed by atoms with Gasteiger partial charge in [-0.25, -0.2) is 19.9 Å². The van der Waals surface area contributed by atoms with E-state index in [1.54, 1.807) is 28.0 Å². The number of hydrogen-bond acceptors (Lipinski definition) is 7. The van der Waals surface area contributed by atoms with E-state index in [2.05, 4.69) is 24.7 Å². The van der Waals surface area contributed by atoms with Crippen molar-refractivity contribution in [1.29, 1.82) is 0 Å². The number of aromatic nitrogens is 6. The number of imidazole rings is 2. The van der Waals surface area contributed by atoms with E-state index in [1.807, 2.05) is 0 Å². The fourth-order valence-corrected chi connectivity index (χ4v) is 6.80. The molecule has 4 heterocycles. The number of hydrogen-bond donors (Lipinski definition) is 0. The summed E-state index contributed by atoms with van der Waals surface area (Å²) in [6.07, 6.45) is -0.190. The van der Waals surface area contributed by atoms with E-state index in [9.17, 15) is 44.7 Å². The Morgan fingerprint density at radius 2 is 1.06 bits per heavy atom. The van der Waals surface area contributed by atoms with Gasteiger partial charge in [0.25, 0.3) is 11.8 Å². The number of fused-ring (bicyclic) bond motifs is 2. The highest BCUT2D eigenvalue weighted by Crippen LogP contribution is 2.34. The SMILES string of the molecule is CN(C(=O)c1cn2c(-c3ccc(C(F)(F)F)cc3)cnc2cn1)c1ccc(Cl)cc1Cl.CN(C(=O)c1cn2c(-c3ccc(C(F)(F)F)cc3)cnc2cn1)c1ccc(OC(F)F)cc1. The Bertz CT molecular complexity index is 2980. The molecule has 0 aliphatic heterocycles. The number of halogens is 10. The molecule has 0 bridgehead atoms. The smallest absolute Gasteiger partial charge is 0.416 e. The van der Waals surface area contributed by atoms with E-state index >= 15 is 0 Å². The van der Waals surface area contributed by atoms with E-state index in [-0.39, 0.29) is 17.1 Å². The zero-order chi connectivity index (χ0) is 46.1. The fraction of sp³-hybridized carbons (Fsp3) is 0.116. The first-order valence-corrected chi connectivity index (χ1v) is 19.1. The van der Waals surface area contributed by atoms with Crippen molar-refractivity contribution in [1.82, 2.24) is 28.7 Å². The van der Waals surface area contributed by atoms with Crippen LogP contribution in [0.3, 0.4) is 0 Å². The normalized spacial score (nSPS) is 11.7. The summed E-state index contributed by atoms with van der Waals surface area (Å²) < 4.78 is 109. The monoisotopic (exact) mass is 926 g/mol. The Labute approximate surface area is 366 Å². The molecule has 0 N–H and O–H groups in total. The van der Waals surface area contributed by atoms with Crippen molar-refractivity contribution >= 4 is 57.7 Å². The average Bonchev–Trinajstić information content (AvgIpc) is 3.89. The van der Waals surface area contributed by atoms with E-state index in [0.717, 1.165) is 24.3 Å². The van der Waals surface area contributed by atoms with Crippen LogP contribution in [-0.2, 0) is 12.4 Å². The van der Waals surface area contributed by atoms with Crippen LogP contribution >= 0.6 is 23.2 Å². The van der Waals surface area contributed by atoms with Gasteiger partial charge in [-0.05, 0) is 66.7 Å². The summed E-state index contributed by atoms with van der Waals surface area (Å²) in [6, 6.07) is 19.5. The number of nitrogens with zero attached hydrogens (tertiary/aromatic N) is 8. The molecule has 2 amide bonds. The van der Waals surface area contributed by atoms with Crippen molar-refractivity contribution in [3.05, 3.63) is 161 Å². The van der Waals surface area contributed by atoms with Gasteiger partial charge in [0.1, 0.15) is 17.1 Å². The van der Waals surface area contributed by atoms with Crippen LogP contribution in [-0.4, -0.2) is 61.3 Å². The molecule has 4 aromatic carbocycles. The molecule has 21 heteroatoms. The van der Waals surface area contributed by atoms with E-state index in [0.29, 0.717) is 55.2 Å². The standard InChI is InChI=1S/C22H15F5N4O2.C21H13Cl2F3N4O/c1-30(15-6-8-16(9-7-15)33-21(23)24)20(32)17-12-31-18(10-29-19(31)11-28-17)13-2-4-14(5-3-13)22(25,26)27;1-29(17-7-6-14(22)8-15(17)23)20(31)16-11-30-18(9-28-19(30)10-27-16)12-2-4-13(5-3-12)21(24,25)26/h2-12,21H,1H3;2-11H,1H3. The van der Waals surface area contributed by atoms with Crippen LogP contribution in [0.25, 0.3) is 33.8 Å². The number of anilines is 2. The number of amides is 2.